The summed E-state index contributed by atoms with van der Waals surface area (Å²) in [6.07, 6.45) is 1.53. The SMILES string of the molecule is COCC(C)N(C)S(=O)(=O)c1cccnc1CN. The van der Waals surface area contributed by atoms with Gasteiger partial charge in [-0.25, -0.2) is 8.42 Å². The van der Waals surface area contributed by atoms with Crippen molar-refractivity contribution in [3.05, 3.63) is 24.0 Å². The van der Waals surface area contributed by atoms with Gasteiger partial charge in [-0.3, -0.25) is 4.98 Å². The molecule has 0 fully saturated rings. The topological polar surface area (TPSA) is 85.5 Å². The fourth-order valence-electron chi connectivity index (χ4n) is 1.55. The first-order chi connectivity index (χ1) is 8.45. The molecule has 0 aliphatic rings. The number of sulfonamides is 1. The fourth-order valence-corrected chi connectivity index (χ4v) is 3.08. The number of aromatic nitrogens is 1. The van der Waals surface area contributed by atoms with Gasteiger partial charge in [0.25, 0.3) is 0 Å². The third kappa shape index (κ3) is 3.05. The summed E-state index contributed by atoms with van der Waals surface area (Å²) in [6, 6.07) is 2.84. The Bertz CT molecular complexity index is 490. The van der Waals surface area contributed by atoms with Gasteiger partial charge >= 0.3 is 0 Å². The average Bonchev–Trinajstić information content (AvgIpc) is 2.38. The maximum atomic E-state index is 12.4. The van der Waals surface area contributed by atoms with E-state index in [1.54, 1.807) is 13.0 Å². The van der Waals surface area contributed by atoms with Crippen LogP contribution in [0.3, 0.4) is 0 Å². The number of hydrogen-bond acceptors (Lipinski definition) is 5. The molecule has 0 aliphatic carbocycles. The number of rotatable bonds is 6. The highest BCUT2D eigenvalue weighted by Gasteiger charge is 2.27. The van der Waals surface area contributed by atoms with Gasteiger partial charge in [-0.05, 0) is 19.1 Å². The van der Waals surface area contributed by atoms with Crippen LogP contribution in [0.15, 0.2) is 23.2 Å². The zero-order valence-electron chi connectivity index (χ0n) is 10.8. The van der Waals surface area contributed by atoms with Gasteiger partial charge in [-0.1, -0.05) is 0 Å². The molecule has 1 unspecified atom stereocenters. The molecular formula is C11H19N3O3S. The second-order valence-electron chi connectivity index (χ2n) is 3.98. The van der Waals surface area contributed by atoms with Crippen LogP contribution in [0.4, 0.5) is 0 Å². The Kier molecular flexibility index (Phi) is 5.21. The van der Waals surface area contributed by atoms with Gasteiger partial charge < -0.3 is 10.5 Å². The summed E-state index contributed by atoms with van der Waals surface area (Å²) in [6.45, 7) is 2.19. The van der Waals surface area contributed by atoms with Crippen molar-refractivity contribution in [2.75, 3.05) is 20.8 Å². The molecule has 1 aromatic rings. The van der Waals surface area contributed by atoms with E-state index in [2.05, 4.69) is 4.98 Å². The Balaban J connectivity index is 3.13. The van der Waals surface area contributed by atoms with E-state index >= 15 is 0 Å². The third-order valence-corrected chi connectivity index (χ3v) is 4.77. The molecule has 0 aromatic carbocycles. The summed E-state index contributed by atoms with van der Waals surface area (Å²) < 4.78 is 31.0. The maximum Gasteiger partial charge on any atom is 0.245 e. The second kappa shape index (κ2) is 6.24. The summed E-state index contributed by atoms with van der Waals surface area (Å²) in [5.41, 5.74) is 5.88. The van der Waals surface area contributed by atoms with Gasteiger partial charge in [0, 0.05) is 32.9 Å². The summed E-state index contributed by atoms with van der Waals surface area (Å²) in [5, 5.41) is 0. The van der Waals surface area contributed by atoms with Crippen molar-refractivity contribution in [1.82, 2.24) is 9.29 Å². The first kappa shape index (κ1) is 15.0. The van der Waals surface area contributed by atoms with Gasteiger partial charge in [0.05, 0.1) is 12.3 Å². The Morgan fingerprint density at radius 1 is 1.56 bits per heavy atom. The zero-order chi connectivity index (χ0) is 13.8. The number of nitrogens with two attached hydrogens (primary N) is 1. The number of likely N-dealkylation sites (N-methyl/N-ethyl adjacent to an activating group) is 1. The minimum atomic E-state index is -3.59. The molecule has 1 heterocycles. The quantitative estimate of drug-likeness (QED) is 0.800. The normalized spacial score (nSPS) is 13.8. The zero-order valence-corrected chi connectivity index (χ0v) is 11.6. The summed E-state index contributed by atoms with van der Waals surface area (Å²) in [7, 11) is -0.538. The van der Waals surface area contributed by atoms with Crippen LogP contribution < -0.4 is 5.73 Å². The molecule has 1 aromatic heterocycles. The third-order valence-electron chi connectivity index (χ3n) is 2.73. The highest BCUT2D eigenvalue weighted by molar-refractivity contribution is 7.89. The number of hydrogen-bond donors (Lipinski definition) is 1. The van der Waals surface area contributed by atoms with E-state index in [-0.39, 0.29) is 17.5 Å². The van der Waals surface area contributed by atoms with Gasteiger partial charge in [-0.2, -0.15) is 4.31 Å². The van der Waals surface area contributed by atoms with Crippen molar-refractivity contribution in [2.45, 2.75) is 24.4 Å². The van der Waals surface area contributed by atoms with Gasteiger partial charge in [-0.15, -0.1) is 0 Å². The Morgan fingerprint density at radius 3 is 2.78 bits per heavy atom. The summed E-state index contributed by atoms with van der Waals surface area (Å²) >= 11 is 0. The molecule has 102 valence electrons. The summed E-state index contributed by atoms with van der Waals surface area (Å²) in [4.78, 5) is 4.14. The van der Waals surface area contributed by atoms with Crippen molar-refractivity contribution in [3.63, 3.8) is 0 Å². The van der Waals surface area contributed by atoms with E-state index in [0.29, 0.717) is 12.3 Å². The highest BCUT2D eigenvalue weighted by Crippen LogP contribution is 2.19. The first-order valence-electron chi connectivity index (χ1n) is 5.56. The molecule has 18 heavy (non-hydrogen) atoms. The Labute approximate surface area is 108 Å². The predicted molar refractivity (Wildman–Crippen MR) is 68.4 cm³/mol. The van der Waals surface area contributed by atoms with Crippen molar-refractivity contribution >= 4 is 10.0 Å². The highest BCUT2D eigenvalue weighted by atomic mass is 32.2. The summed E-state index contributed by atoms with van der Waals surface area (Å²) in [5.74, 6) is 0. The largest absolute Gasteiger partial charge is 0.383 e. The van der Waals surface area contributed by atoms with Crippen LogP contribution >= 0.6 is 0 Å². The molecule has 0 amide bonds. The smallest absolute Gasteiger partial charge is 0.245 e. The second-order valence-corrected chi connectivity index (χ2v) is 5.94. The van der Waals surface area contributed by atoms with Crippen LogP contribution in [-0.4, -0.2) is 44.5 Å². The van der Waals surface area contributed by atoms with Gasteiger partial charge in [0.1, 0.15) is 4.90 Å². The van der Waals surface area contributed by atoms with E-state index in [1.165, 1.54) is 30.7 Å². The molecule has 6 nitrogen and oxygen atoms in total. The molecule has 0 radical (unpaired) electrons. The van der Waals surface area contributed by atoms with E-state index in [4.69, 9.17) is 10.5 Å². The van der Waals surface area contributed by atoms with Crippen LogP contribution in [0.1, 0.15) is 12.6 Å². The van der Waals surface area contributed by atoms with E-state index in [9.17, 15) is 8.42 Å². The average molecular weight is 273 g/mol. The van der Waals surface area contributed by atoms with Crippen molar-refractivity contribution in [1.29, 1.82) is 0 Å². The minimum Gasteiger partial charge on any atom is -0.383 e. The maximum absolute atomic E-state index is 12.4. The Morgan fingerprint density at radius 2 is 2.22 bits per heavy atom. The molecular weight excluding hydrogens is 254 g/mol. The van der Waals surface area contributed by atoms with Crippen LogP contribution in [-0.2, 0) is 21.3 Å². The predicted octanol–water partition coefficient (Wildman–Crippen LogP) is 0.196. The standard InChI is InChI=1S/C11H19N3O3S/c1-9(8-17-3)14(2)18(15,16)11-5-4-6-13-10(11)7-12/h4-6,9H,7-8,12H2,1-3H3. The fraction of sp³-hybridized carbons (Fsp3) is 0.545. The Hall–Kier alpha value is -1.02. The molecule has 1 rings (SSSR count). The van der Waals surface area contributed by atoms with Crippen LogP contribution in [0.25, 0.3) is 0 Å². The van der Waals surface area contributed by atoms with Crippen molar-refractivity contribution in [3.8, 4) is 0 Å². The minimum absolute atomic E-state index is 0.0852. The van der Waals surface area contributed by atoms with Crippen LogP contribution in [0, 0.1) is 0 Å². The molecule has 0 saturated heterocycles. The number of pyridine rings is 1. The monoisotopic (exact) mass is 273 g/mol. The number of ether oxygens (including phenoxy) is 1. The van der Waals surface area contributed by atoms with Crippen molar-refractivity contribution in [2.24, 2.45) is 5.73 Å². The van der Waals surface area contributed by atoms with Gasteiger partial charge in [0.15, 0.2) is 0 Å². The molecule has 0 aliphatic heterocycles. The molecule has 1 atom stereocenters. The van der Waals surface area contributed by atoms with E-state index in [1.807, 2.05) is 0 Å². The molecule has 0 bridgehead atoms. The molecule has 7 heteroatoms. The molecule has 0 saturated carbocycles. The van der Waals surface area contributed by atoms with Crippen LogP contribution in [0.5, 0.6) is 0 Å². The lowest BCUT2D eigenvalue weighted by molar-refractivity contribution is 0.149. The lowest BCUT2D eigenvalue weighted by Gasteiger charge is -2.24. The lowest BCUT2D eigenvalue weighted by Crippen LogP contribution is -2.38. The number of methoxy groups -OCH3 is 1. The molecule has 2 N–H and O–H groups in total. The van der Waals surface area contributed by atoms with Gasteiger partial charge in [0.2, 0.25) is 10.0 Å². The lowest BCUT2D eigenvalue weighted by atomic mass is 10.3. The van der Waals surface area contributed by atoms with E-state index in [0.717, 1.165) is 0 Å². The molecule has 0 spiro atoms. The van der Waals surface area contributed by atoms with E-state index < -0.39 is 10.0 Å². The number of nitrogens with zero attached hydrogens (tertiary/aromatic N) is 2. The van der Waals surface area contributed by atoms with Crippen LogP contribution in [0.2, 0.25) is 0 Å². The van der Waals surface area contributed by atoms with Crippen molar-refractivity contribution < 1.29 is 13.2 Å². The first-order valence-corrected chi connectivity index (χ1v) is 7.00.